The summed E-state index contributed by atoms with van der Waals surface area (Å²) < 4.78 is 27.0. The van der Waals surface area contributed by atoms with Gasteiger partial charge in [-0.2, -0.15) is 4.31 Å². The van der Waals surface area contributed by atoms with Gasteiger partial charge in [-0.15, -0.1) is 0 Å². The third-order valence-electron chi connectivity index (χ3n) is 5.47. The van der Waals surface area contributed by atoms with E-state index >= 15 is 0 Å². The highest BCUT2D eigenvalue weighted by atomic mass is 35.5. The van der Waals surface area contributed by atoms with Gasteiger partial charge in [-0.3, -0.25) is 9.59 Å². The molecular formula is C20H21ClN3O4S+. The number of sulfonamides is 1. The number of carbonyl (C=O) groups is 2. The van der Waals surface area contributed by atoms with Crippen molar-refractivity contribution >= 4 is 39.1 Å². The van der Waals surface area contributed by atoms with Crippen molar-refractivity contribution in [3.8, 4) is 0 Å². The molecule has 2 fully saturated rings. The molecule has 2 aliphatic heterocycles. The van der Waals surface area contributed by atoms with Crippen LogP contribution in [-0.2, 0) is 19.6 Å². The maximum atomic E-state index is 12.9. The fraction of sp³-hybridized carbons (Fsp3) is 0.300. The summed E-state index contributed by atoms with van der Waals surface area (Å²) in [5, 5.41) is 0.533. The molecule has 29 heavy (non-hydrogen) atoms. The first kappa shape index (κ1) is 20.0. The molecule has 2 aromatic rings. The minimum absolute atomic E-state index is 0.127. The van der Waals surface area contributed by atoms with Gasteiger partial charge in [0.15, 0.2) is 6.04 Å². The number of nitrogens with one attached hydrogen (secondary N) is 1. The van der Waals surface area contributed by atoms with Gasteiger partial charge in [0.25, 0.3) is 5.91 Å². The van der Waals surface area contributed by atoms with Crippen molar-refractivity contribution in [2.75, 3.05) is 31.1 Å². The molecule has 0 aromatic heterocycles. The van der Waals surface area contributed by atoms with Crippen LogP contribution in [0.1, 0.15) is 6.42 Å². The highest BCUT2D eigenvalue weighted by molar-refractivity contribution is 7.89. The molecule has 2 amide bonds. The first-order chi connectivity index (χ1) is 13.9. The van der Waals surface area contributed by atoms with E-state index in [9.17, 15) is 18.0 Å². The lowest BCUT2D eigenvalue weighted by Crippen LogP contribution is -3.19. The molecule has 2 aromatic carbocycles. The Labute approximate surface area is 174 Å². The molecule has 0 saturated carbocycles. The van der Waals surface area contributed by atoms with Crippen molar-refractivity contribution in [2.45, 2.75) is 17.4 Å². The molecule has 0 spiro atoms. The summed E-state index contributed by atoms with van der Waals surface area (Å²) in [6.45, 7) is 1.57. The number of amides is 2. The molecular weight excluding hydrogens is 414 g/mol. The lowest BCUT2D eigenvalue weighted by molar-refractivity contribution is -0.918. The van der Waals surface area contributed by atoms with E-state index < -0.39 is 16.1 Å². The summed E-state index contributed by atoms with van der Waals surface area (Å²) in [5.41, 5.74) is 0.511. The van der Waals surface area contributed by atoms with Crippen LogP contribution >= 0.6 is 11.6 Å². The van der Waals surface area contributed by atoms with Crippen LogP contribution in [0.5, 0.6) is 0 Å². The maximum absolute atomic E-state index is 12.9. The predicted molar refractivity (Wildman–Crippen MR) is 108 cm³/mol. The second kappa shape index (κ2) is 7.87. The van der Waals surface area contributed by atoms with E-state index in [1.165, 1.54) is 9.21 Å². The van der Waals surface area contributed by atoms with Crippen molar-refractivity contribution in [3.63, 3.8) is 0 Å². The average molecular weight is 435 g/mol. The standard InChI is InChI=1S/C20H20ClN3O4S/c21-15-6-8-16(9-7-15)24-19(25)14-18(20(24)26)22-10-12-23(13-11-22)29(27,28)17-4-2-1-3-5-17/h1-9,18H,10-14H2/p+1/t18-/m0/s1. The van der Waals surface area contributed by atoms with Gasteiger partial charge in [0, 0.05) is 5.02 Å². The van der Waals surface area contributed by atoms with Crippen LogP contribution in [0.2, 0.25) is 5.02 Å². The Balaban J connectivity index is 1.44. The van der Waals surface area contributed by atoms with E-state index in [0.29, 0.717) is 36.9 Å². The van der Waals surface area contributed by atoms with E-state index in [4.69, 9.17) is 11.6 Å². The quantitative estimate of drug-likeness (QED) is 0.713. The molecule has 2 heterocycles. The fourth-order valence-corrected chi connectivity index (χ4v) is 5.50. The van der Waals surface area contributed by atoms with Gasteiger partial charge in [-0.25, -0.2) is 13.3 Å². The van der Waals surface area contributed by atoms with Crippen molar-refractivity contribution in [3.05, 3.63) is 59.6 Å². The third-order valence-corrected chi connectivity index (χ3v) is 7.63. The highest BCUT2D eigenvalue weighted by Crippen LogP contribution is 2.24. The number of halogens is 1. The van der Waals surface area contributed by atoms with Gasteiger partial charge in [0.2, 0.25) is 15.9 Å². The zero-order valence-corrected chi connectivity index (χ0v) is 17.2. The van der Waals surface area contributed by atoms with Gasteiger partial charge in [0.1, 0.15) is 0 Å². The molecule has 7 nitrogen and oxygen atoms in total. The van der Waals surface area contributed by atoms with Crippen molar-refractivity contribution < 1.29 is 22.9 Å². The minimum Gasteiger partial charge on any atom is -0.322 e. The zero-order chi connectivity index (χ0) is 20.6. The molecule has 0 aliphatic carbocycles. The number of hydrogen-bond donors (Lipinski definition) is 1. The van der Waals surface area contributed by atoms with Crippen LogP contribution in [-0.4, -0.2) is 56.8 Å². The number of nitrogens with zero attached hydrogens (tertiary/aromatic N) is 2. The largest absolute Gasteiger partial charge is 0.322 e. The van der Waals surface area contributed by atoms with Gasteiger partial charge in [-0.05, 0) is 36.4 Å². The molecule has 1 N–H and O–H groups in total. The fourth-order valence-electron chi connectivity index (χ4n) is 3.92. The molecule has 0 radical (unpaired) electrons. The molecule has 1 atom stereocenters. The summed E-state index contributed by atoms with van der Waals surface area (Å²) in [5.74, 6) is -0.485. The normalized spacial score (nSPS) is 21.7. The zero-order valence-electron chi connectivity index (χ0n) is 15.6. The number of hydrogen-bond acceptors (Lipinski definition) is 4. The first-order valence-electron chi connectivity index (χ1n) is 9.40. The first-order valence-corrected chi connectivity index (χ1v) is 11.2. The van der Waals surface area contributed by atoms with Gasteiger partial charge in [-0.1, -0.05) is 29.8 Å². The van der Waals surface area contributed by atoms with Crippen molar-refractivity contribution in [1.82, 2.24) is 4.31 Å². The van der Waals surface area contributed by atoms with E-state index in [1.807, 2.05) is 0 Å². The Hall–Kier alpha value is -2.26. The number of imide groups is 1. The number of quaternary nitrogens is 1. The predicted octanol–water partition coefficient (Wildman–Crippen LogP) is 0.561. The second-order valence-electron chi connectivity index (χ2n) is 7.18. The van der Waals surface area contributed by atoms with Crippen LogP contribution in [0.25, 0.3) is 0 Å². The van der Waals surface area contributed by atoms with Crippen LogP contribution in [0.3, 0.4) is 0 Å². The van der Waals surface area contributed by atoms with E-state index in [1.54, 1.807) is 54.6 Å². The van der Waals surface area contributed by atoms with E-state index in [-0.39, 0.29) is 23.1 Å². The Kier molecular flexibility index (Phi) is 5.44. The molecule has 0 unspecified atom stereocenters. The van der Waals surface area contributed by atoms with Crippen LogP contribution in [0.15, 0.2) is 59.5 Å². The number of carbonyl (C=O) groups excluding carboxylic acids is 2. The minimum atomic E-state index is -3.55. The van der Waals surface area contributed by atoms with Crippen LogP contribution in [0, 0.1) is 0 Å². The molecule has 4 rings (SSSR count). The molecule has 2 saturated heterocycles. The molecule has 2 aliphatic rings. The molecule has 9 heteroatoms. The van der Waals surface area contributed by atoms with Gasteiger partial charge >= 0.3 is 0 Å². The molecule has 0 bridgehead atoms. The average Bonchev–Trinajstić information content (AvgIpc) is 3.03. The van der Waals surface area contributed by atoms with Crippen molar-refractivity contribution in [1.29, 1.82) is 0 Å². The van der Waals surface area contributed by atoms with Crippen molar-refractivity contribution in [2.24, 2.45) is 0 Å². The molecule has 152 valence electrons. The lowest BCUT2D eigenvalue weighted by Gasteiger charge is -2.33. The van der Waals surface area contributed by atoms with Crippen LogP contribution in [0.4, 0.5) is 5.69 Å². The number of benzene rings is 2. The number of anilines is 1. The summed E-state index contributed by atoms with van der Waals surface area (Å²) in [6, 6.07) is 14.4. The number of piperazine rings is 1. The maximum Gasteiger partial charge on any atom is 0.292 e. The monoisotopic (exact) mass is 434 g/mol. The summed E-state index contributed by atoms with van der Waals surface area (Å²) in [6.07, 6.45) is 0.127. The Morgan fingerprint density at radius 3 is 2.17 bits per heavy atom. The second-order valence-corrected chi connectivity index (χ2v) is 9.55. The van der Waals surface area contributed by atoms with Crippen LogP contribution < -0.4 is 9.80 Å². The lowest BCUT2D eigenvalue weighted by atomic mass is 10.2. The van der Waals surface area contributed by atoms with E-state index in [2.05, 4.69) is 0 Å². The summed E-state index contributed by atoms with van der Waals surface area (Å²) in [7, 11) is -3.55. The summed E-state index contributed by atoms with van der Waals surface area (Å²) in [4.78, 5) is 27.8. The number of rotatable bonds is 4. The van der Waals surface area contributed by atoms with Gasteiger partial charge in [0.05, 0.1) is 43.2 Å². The van der Waals surface area contributed by atoms with Gasteiger partial charge < -0.3 is 4.90 Å². The Morgan fingerprint density at radius 2 is 1.55 bits per heavy atom. The SMILES string of the molecule is O=C1C[C@H]([NH+]2CCN(S(=O)(=O)c3ccccc3)CC2)C(=O)N1c1ccc(Cl)cc1. The summed E-state index contributed by atoms with van der Waals surface area (Å²) >= 11 is 5.89. The topological polar surface area (TPSA) is 79.2 Å². The Morgan fingerprint density at radius 1 is 0.931 bits per heavy atom. The Bertz CT molecular complexity index is 1020. The highest BCUT2D eigenvalue weighted by Gasteiger charge is 2.47. The van der Waals surface area contributed by atoms with E-state index in [0.717, 1.165) is 4.90 Å². The smallest absolute Gasteiger partial charge is 0.292 e. The third kappa shape index (κ3) is 3.81.